The van der Waals surface area contributed by atoms with Crippen LogP contribution in [0.5, 0.6) is 0 Å². The van der Waals surface area contributed by atoms with E-state index in [1.54, 1.807) is 12.1 Å². The third-order valence-electron chi connectivity index (χ3n) is 3.25. The molecule has 0 unspecified atom stereocenters. The second-order valence-electron chi connectivity index (χ2n) is 4.84. The molecule has 8 heteroatoms. The number of hydrogen-bond donors (Lipinski definition) is 2. The summed E-state index contributed by atoms with van der Waals surface area (Å²) in [5, 5.41) is 6.57. The van der Waals surface area contributed by atoms with E-state index in [1.165, 1.54) is 24.0 Å². The number of carbonyl (C=O) groups is 1. The average Bonchev–Trinajstić information content (AvgIpc) is 3.08. The first kappa shape index (κ1) is 16.0. The molecule has 0 radical (unpaired) electrons. The molecule has 1 amide bonds. The third kappa shape index (κ3) is 3.54. The zero-order valence-corrected chi connectivity index (χ0v) is 13.6. The Hall–Kier alpha value is -2.87. The van der Waals surface area contributed by atoms with Crippen LogP contribution in [-0.2, 0) is 6.54 Å². The Bertz CT molecular complexity index is 919. The van der Waals surface area contributed by atoms with Gasteiger partial charge in [0.1, 0.15) is 0 Å². The van der Waals surface area contributed by atoms with E-state index in [1.807, 2.05) is 24.5 Å². The number of pyridine rings is 1. The number of nitrogens with zero attached hydrogens (tertiary/aromatic N) is 2. The predicted octanol–water partition coefficient (Wildman–Crippen LogP) is 2.08. The maximum atomic E-state index is 12.3. The van der Waals surface area contributed by atoms with Crippen molar-refractivity contribution in [2.24, 2.45) is 0 Å². The molecule has 0 aliphatic carbocycles. The largest absolute Gasteiger partial charge is 0.343 e. The molecule has 7 nitrogen and oxygen atoms in total. The van der Waals surface area contributed by atoms with Gasteiger partial charge >= 0.3 is 0 Å². The van der Waals surface area contributed by atoms with Gasteiger partial charge in [0, 0.05) is 22.7 Å². The molecule has 3 aromatic rings. The van der Waals surface area contributed by atoms with Gasteiger partial charge < -0.3 is 14.8 Å². The lowest BCUT2D eigenvalue weighted by Crippen LogP contribution is -2.23. The maximum absolute atomic E-state index is 12.3. The minimum Gasteiger partial charge on any atom is -0.343 e. The van der Waals surface area contributed by atoms with Crippen molar-refractivity contribution in [2.75, 3.05) is 6.26 Å². The highest BCUT2D eigenvalue weighted by molar-refractivity contribution is 7.98. The number of aromatic amines is 1. The van der Waals surface area contributed by atoms with Gasteiger partial charge in [-0.3, -0.25) is 9.59 Å². The van der Waals surface area contributed by atoms with Crippen LogP contribution in [0, 0.1) is 0 Å². The second kappa shape index (κ2) is 7.14. The zero-order chi connectivity index (χ0) is 16.9. The Kier molecular flexibility index (Phi) is 4.76. The molecule has 2 aromatic heterocycles. The van der Waals surface area contributed by atoms with Crippen molar-refractivity contribution in [1.29, 1.82) is 0 Å². The van der Waals surface area contributed by atoms with Crippen LogP contribution in [-0.4, -0.2) is 27.3 Å². The van der Waals surface area contributed by atoms with Crippen molar-refractivity contribution in [3.63, 3.8) is 0 Å². The summed E-state index contributed by atoms with van der Waals surface area (Å²) in [5.41, 5.74) is 0.896. The van der Waals surface area contributed by atoms with Crippen molar-refractivity contribution < 1.29 is 9.32 Å². The van der Waals surface area contributed by atoms with Crippen LogP contribution in [0.25, 0.3) is 11.4 Å². The summed E-state index contributed by atoms with van der Waals surface area (Å²) in [6.45, 7) is 0.109. The summed E-state index contributed by atoms with van der Waals surface area (Å²) >= 11 is 1.50. The van der Waals surface area contributed by atoms with Gasteiger partial charge in [0.25, 0.3) is 5.91 Å². The van der Waals surface area contributed by atoms with Gasteiger partial charge in [-0.05, 0) is 24.5 Å². The predicted molar refractivity (Wildman–Crippen MR) is 89.7 cm³/mol. The summed E-state index contributed by atoms with van der Waals surface area (Å²) in [6.07, 6.45) is 3.42. The summed E-state index contributed by atoms with van der Waals surface area (Å²) in [5.74, 6) is 0.353. The molecule has 0 atom stereocenters. The molecular formula is C16H14N4O3S. The van der Waals surface area contributed by atoms with E-state index in [9.17, 15) is 9.59 Å². The van der Waals surface area contributed by atoms with E-state index >= 15 is 0 Å². The summed E-state index contributed by atoms with van der Waals surface area (Å²) in [7, 11) is 0. The number of amides is 1. The van der Waals surface area contributed by atoms with Crippen molar-refractivity contribution in [3.8, 4) is 11.4 Å². The smallest absolute Gasteiger partial charge is 0.252 e. The number of H-pyrrole nitrogens is 1. The first-order valence-electron chi connectivity index (χ1n) is 7.10. The molecule has 1 aromatic carbocycles. The number of thioether (sulfide) groups is 1. The first-order valence-corrected chi connectivity index (χ1v) is 8.33. The molecule has 0 saturated heterocycles. The SMILES string of the molecule is CSc1ccccc1C(=O)NCc1nc(-c2cc[nH]c(=O)c2)no1. The van der Waals surface area contributed by atoms with Crippen molar-refractivity contribution in [1.82, 2.24) is 20.4 Å². The minimum atomic E-state index is -0.249. The van der Waals surface area contributed by atoms with Crippen LogP contribution in [0.15, 0.2) is 56.8 Å². The third-order valence-corrected chi connectivity index (χ3v) is 4.05. The van der Waals surface area contributed by atoms with E-state index in [0.29, 0.717) is 17.0 Å². The molecule has 0 saturated carbocycles. The molecule has 3 rings (SSSR count). The molecule has 0 spiro atoms. The average molecular weight is 342 g/mol. The lowest BCUT2D eigenvalue weighted by Gasteiger charge is -2.06. The fraction of sp³-hybridized carbons (Fsp3) is 0.125. The topological polar surface area (TPSA) is 101 Å². The summed E-state index contributed by atoms with van der Waals surface area (Å²) in [4.78, 5) is 31.2. The van der Waals surface area contributed by atoms with Crippen LogP contribution in [0.3, 0.4) is 0 Å². The molecule has 2 heterocycles. The maximum Gasteiger partial charge on any atom is 0.252 e. The standard InChI is InChI=1S/C16H14N4O3S/c1-24-12-5-3-2-4-11(12)16(22)18-9-14-19-15(20-23-14)10-6-7-17-13(21)8-10/h2-8H,9H2,1H3,(H,17,21)(H,18,22). The van der Waals surface area contributed by atoms with E-state index in [4.69, 9.17) is 4.52 Å². The van der Waals surface area contributed by atoms with Gasteiger partial charge in [-0.1, -0.05) is 17.3 Å². The second-order valence-corrected chi connectivity index (χ2v) is 5.68. The van der Waals surface area contributed by atoms with Gasteiger partial charge in [-0.2, -0.15) is 4.98 Å². The van der Waals surface area contributed by atoms with Gasteiger partial charge in [0.15, 0.2) is 0 Å². The number of nitrogens with one attached hydrogen (secondary N) is 2. The van der Waals surface area contributed by atoms with E-state index in [0.717, 1.165) is 4.90 Å². The van der Waals surface area contributed by atoms with Crippen LogP contribution >= 0.6 is 11.8 Å². The zero-order valence-electron chi connectivity index (χ0n) is 12.8. The minimum absolute atomic E-state index is 0.109. The molecule has 0 aliphatic heterocycles. The number of aromatic nitrogens is 3. The van der Waals surface area contributed by atoms with Gasteiger partial charge in [0.2, 0.25) is 17.3 Å². The molecule has 0 aliphatic rings. The van der Waals surface area contributed by atoms with E-state index in [2.05, 4.69) is 20.4 Å². The van der Waals surface area contributed by atoms with Gasteiger partial charge in [0.05, 0.1) is 12.1 Å². The Morgan fingerprint density at radius 3 is 2.96 bits per heavy atom. The fourth-order valence-corrected chi connectivity index (χ4v) is 2.71. The molecule has 24 heavy (non-hydrogen) atoms. The Labute approximate surface area is 141 Å². The van der Waals surface area contributed by atoms with Crippen LogP contribution in [0.4, 0.5) is 0 Å². The van der Waals surface area contributed by atoms with Crippen LogP contribution < -0.4 is 10.9 Å². The highest BCUT2D eigenvalue weighted by atomic mass is 32.2. The molecule has 0 bridgehead atoms. The van der Waals surface area contributed by atoms with Crippen LogP contribution in [0.1, 0.15) is 16.2 Å². The van der Waals surface area contributed by atoms with Gasteiger partial charge in [-0.15, -0.1) is 11.8 Å². The number of rotatable bonds is 5. The van der Waals surface area contributed by atoms with E-state index in [-0.39, 0.29) is 23.9 Å². The highest BCUT2D eigenvalue weighted by Gasteiger charge is 2.13. The molecule has 122 valence electrons. The van der Waals surface area contributed by atoms with Crippen molar-refractivity contribution >= 4 is 17.7 Å². The van der Waals surface area contributed by atoms with Crippen LogP contribution in [0.2, 0.25) is 0 Å². The van der Waals surface area contributed by atoms with Gasteiger partial charge in [-0.25, -0.2) is 0 Å². The number of hydrogen-bond acceptors (Lipinski definition) is 6. The number of benzene rings is 1. The first-order chi connectivity index (χ1) is 11.7. The molecule has 2 N–H and O–H groups in total. The summed E-state index contributed by atoms with van der Waals surface area (Å²) in [6, 6.07) is 10.4. The monoisotopic (exact) mass is 342 g/mol. The van der Waals surface area contributed by atoms with Crippen molar-refractivity contribution in [3.05, 3.63) is 64.4 Å². The molecule has 0 fully saturated rings. The van der Waals surface area contributed by atoms with E-state index < -0.39 is 0 Å². The quantitative estimate of drug-likeness (QED) is 0.689. The normalized spacial score (nSPS) is 10.5. The Morgan fingerprint density at radius 2 is 2.17 bits per heavy atom. The molecular weight excluding hydrogens is 328 g/mol. The number of carbonyl (C=O) groups excluding carboxylic acids is 1. The lowest BCUT2D eigenvalue weighted by molar-refractivity contribution is 0.0943. The Morgan fingerprint density at radius 1 is 1.33 bits per heavy atom. The highest BCUT2D eigenvalue weighted by Crippen LogP contribution is 2.19. The lowest BCUT2D eigenvalue weighted by atomic mass is 10.2. The fourth-order valence-electron chi connectivity index (χ4n) is 2.11. The van der Waals surface area contributed by atoms with Crippen molar-refractivity contribution in [2.45, 2.75) is 11.4 Å². The summed E-state index contributed by atoms with van der Waals surface area (Å²) < 4.78 is 5.11. The Balaban J connectivity index is 1.69.